The van der Waals surface area contributed by atoms with Crippen LogP contribution >= 0.6 is 0 Å². The van der Waals surface area contributed by atoms with Crippen molar-refractivity contribution in [3.8, 4) is 6.07 Å². The molecule has 1 saturated heterocycles. The van der Waals surface area contributed by atoms with Gasteiger partial charge in [0.05, 0.1) is 0 Å². The van der Waals surface area contributed by atoms with Gasteiger partial charge in [-0.2, -0.15) is 5.06 Å². The molecule has 0 bridgehead atoms. The highest BCUT2D eigenvalue weighted by Crippen LogP contribution is 2.18. The van der Waals surface area contributed by atoms with Gasteiger partial charge in [0.15, 0.2) is 5.54 Å². The van der Waals surface area contributed by atoms with Crippen molar-refractivity contribution in [2.75, 3.05) is 20.1 Å². The molecule has 0 aromatic rings. The van der Waals surface area contributed by atoms with Gasteiger partial charge in [-0.3, -0.25) is 5.32 Å². The molecule has 0 radical (unpaired) electrons. The third-order valence-corrected chi connectivity index (χ3v) is 2.31. The summed E-state index contributed by atoms with van der Waals surface area (Å²) in [6, 6.07) is 2.49. The fourth-order valence-corrected chi connectivity index (χ4v) is 1.31. The molecule has 0 spiro atoms. The molecule has 1 rings (SSSR count). The van der Waals surface area contributed by atoms with Gasteiger partial charge >= 0.3 is 0 Å². The van der Waals surface area contributed by atoms with E-state index in [-0.39, 0.29) is 5.54 Å². The molecular weight excluding hydrogens is 142 g/mol. The van der Waals surface area contributed by atoms with Crippen molar-refractivity contribution in [1.82, 2.24) is 10.4 Å². The largest absolute Gasteiger partial charge is 0.314 e. The van der Waals surface area contributed by atoms with Gasteiger partial charge in [-0.15, -0.1) is 0 Å². The number of hydrogen-bond acceptors (Lipinski definition) is 3. The van der Waals surface area contributed by atoms with Gasteiger partial charge in [-0.25, -0.2) is 0 Å². The predicted octanol–water partition coefficient (Wildman–Crippen LogP) is -1.80. The van der Waals surface area contributed by atoms with Gasteiger partial charge in [0, 0.05) is 13.1 Å². The topological polar surface area (TPSA) is 59.3 Å². The van der Waals surface area contributed by atoms with Crippen LogP contribution in [0.15, 0.2) is 0 Å². The van der Waals surface area contributed by atoms with Crippen LogP contribution in [0.5, 0.6) is 0 Å². The lowest BCUT2D eigenvalue weighted by atomic mass is 9.90. The minimum atomic E-state index is -0.292. The highest BCUT2D eigenvalue weighted by atomic mass is 16.5. The van der Waals surface area contributed by atoms with E-state index in [9.17, 15) is 0 Å². The van der Waals surface area contributed by atoms with E-state index < -0.39 is 0 Å². The fraction of sp³-hybridized carbons (Fsp3) is 0.857. The van der Waals surface area contributed by atoms with Crippen molar-refractivity contribution in [2.45, 2.75) is 18.4 Å². The van der Waals surface area contributed by atoms with Crippen LogP contribution in [0.2, 0.25) is 0 Å². The summed E-state index contributed by atoms with van der Waals surface area (Å²) in [6.45, 7) is 1.24. The Kier molecular flexibility index (Phi) is 2.45. The number of nitrogens with zero attached hydrogens (tertiary/aromatic N) is 1. The molecule has 11 heavy (non-hydrogen) atoms. The third kappa shape index (κ3) is 1.69. The van der Waals surface area contributed by atoms with Crippen molar-refractivity contribution >= 4 is 0 Å². The molecule has 0 aromatic carbocycles. The number of hydrogen-bond donors (Lipinski definition) is 3. The molecule has 4 nitrogen and oxygen atoms in total. The summed E-state index contributed by atoms with van der Waals surface area (Å²) in [5.74, 6) is 0. The summed E-state index contributed by atoms with van der Waals surface area (Å²) < 4.78 is 0. The lowest BCUT2D eigenvalue weighted by Gasteiger charge is -2.31. The second-order valence-electron chi connectivity index (χ2n) is 2.91. The van der Waals surface area contributed by atoms with Crippen LogP contribution in [-0.2, 0) is 0 Å². The third-order valence-electron chi connectivity index (χ3n) is 2.31. The average Bonchev–Trinajstić information content (AvgIpc) is 2.07. The van der Waals surface area contributed by atoms with Gasteiger partial charge < -0.3 is 5.21 Å². The van der Waals surface area contributed by atoms with E-state index >= 15 is 0 Å². The van der Waals surface area contributed by atoms with Crippen molar-refractivity contribution < 1.29 is 10.5 Å². The molecule has 1 aliphatic heterocycles. The van der Waals surface area contributed by atoms with E-state index in [1.807, 2.05) is 7.05 Å². The van der Waals surface area contributed by atoms with Crippen LogP contribution in [0.3, 0.4) is 0 Å². The van der Waals surface area contributed by atoms with Crippen molar-refractivity contribution in [3.63, 3.8) is 0 Å². The number of nitrogens with one attached hydrogen (secondary N) is 2. The van der Waals surface area contributed by atoms with Crippen LogP contribution in [-0.4, -0.2) is 35.9 Å². The maximum Gasteiger partial charge on any atom is 0.292 e. The first-order valence-electron chi connectivity index (χ1n) is 3.79. The lowest BCUT2D eigenvalue weighted by molar-refractivity contribution is -0.128. The SMILES string of the molecule is CNC1(C#[NH+])CCN(O)CC1. The highest BCUT2D eigenvalue weighted by Gasteiger charge is 2.35. The molecule has 0 saturated carbocycles. The van der Waals surface area contributed by atoms with Crippen molar-refractivity contribution in [2.24, 2.45) is 0 Å². The van der Waals surface area contributed by atoms with E-state index in [1.54, 1.807) is 0 Å². The Morgan fingerprint density at radius 1 is 1.55 bits per heavy atom. The minimum Gasteiger partial charge on any atom is -0.314 e. The zero-order chi connectivity index (χ0) is 8.32. The highest BCUT2D eigenvalue weighted by molar-refractivity contribution is 5.07. The number of hydroxylamine groups is 2. The molecule has 0 amide bonds. The monoisotopic (exact) mass is 156 g/mol. The quantitative estimate of drug-likeness (QED) is 0.420. The molecule has 0 aliphatic carbocycles. The molecular formula is C7H14N3O+. The lowest BCUT2D eigenvalue weighted by Crippen LogP contribution is -2.53. The number of rotatable bonds is 1. The second-order valence-corrected chi connectivity index (χ2v) is 2.91. The van der Waals surface area contributed by atoms with Gasteiger partial charge in [0.25, 0.3) is 6.07 Å². The molecule has 1 fully saturated rings. The van der Waals surface area contributed by atoms with E-state index in [4.69, 9.17) is 10.5 Å². The van der Waals surface area contributed by atoms with E-state index in [2.05, 4.69) is 11.4 Å². The maximum absolute atomic E-state index is 9.05. The first kappa shape index (κ1) is 8.47. The van der Waals surface area contributed by atoms with E-state index in [1.165, 1.54) is 5.06 Å². The van der Waals surface area contributed by atoms with Crippen LogP contribution in [0.1, 0.15) is 12.8 Å². The molecule has 1 heterocycles. The summed E-state index contributed by atoms with van der Waals surface area (Å²) in [5, 5.41) is 20.5. The Morgan fingerprint density at radius 3 is 2.45 bits per heavy atom. The predicted molar refractivity (Wildman–Crippen MR) is 39.2 cm³/mol. The van der Waals surface area contributed by atoms with Crippen LogP contribution in [0.25, 0.3) is 0 Å². The first-order valence-corrected chi connectivity index (χ1v) is 3.79. The van der Waals surface area contributed by atoms with Gasteiger partial charge in [0.1, 0.15) is 0 Å². The Bertz CT molecular complexity index is 167. The zero-order valence-electron chi connectivity index (χ0n) is 6.72. The average molecular weight is 156 g/mol. The van der Waals surface area contributed by atoms with Crippen molar-refractivity contribution in [1.29, 1.82) is 0 Å². The Labute approximate surface area is 66.4 Å². The summed E-state index contributed by atoms with van der Waals surface area (Å²) in [6.07, 6.45) is 1.51. The minimum absolute atomic E-state index is 0.292. The summed E-state index contributed by atoms with van der Waals surface area (Å²) in [7, 11) is 1.83. The summed E-state index contributed by atoms with van der Waals surface area (Å²) in [5.41, 5.74) is -0.292. The van der Waals surface area contributed by atoms with E-state index in [0.29, 0.717) is 13.1 Å². The smallest absolute Gasteiger partial charge is 0.292 e. The standard InChI is InChI=1S/C7H13N3O/c1-9-7(6-8)2-4-10(11)5-3-7/h9,11H,2-5H2,1H3/p+1. The van der Waals surface area contributed by atoms with Crippen LogP contribution in [0.4, 0.5) is 0 Å². The fourth-order valence-electron chi connectivity index (χ4n) is 1.31. The Morgan fingerprint density at radius 2 is 2.09 bits per heavy atom. The maximum atomic E-state index is 9.05. The van der Waals surface area contributed by atoms with Crippen molar-refractivity contribution in [3.05, 3.63) is 0 Å². The Balaban J connectivity index is 2.54. The molecule has 0 unspecified atom stereocenters. The molecule has 62 valence electrons. The first-order chi connectivity index (χ1) is 5.22. The molecule has 3 N–H and O–H groups in total. The van der Waals surface area contributed by atoms with E-state index in [0.717, 1.165) is 12.8 Å². The Hall–Kier alpha value is -0.630. The normalized spacial score (nSPS) is 24.5. The summed E-state index contributed by atoms with van der Waals surface area (Å²) >= 11 is 0. The second kappa shape index (κ2) is 3.18. The molecule has 1 aliphatic rings. The van der Waals surface area contributed by atoms with Gasteiger partial charge in [0.2, 0.25) is 0 Å². The molecule has 0 aromatic heterocycles. The molecule has 4 heteroatoms. The molecule has 0 atom stereocenters. The van der Waals surface area contributed by atoms with Gasteiger partial charge in [-0.1, -0.05) is 5.26 Å². The zero-order valence-corrected chi connectivity index (χ0v) is 6.72. The van der Waals surface area contributed by atoms with Crippen LogP contribution < -0.4 is 10.6 Å². The van der Waals surface area contributed by atoms with Crippen LogP contribution in [0, 0.1) is 6.07 Å². The van der Waals surface area contributed by atoms with Gasteiger partial charge in [-0.05, 0) is 19.9 Å². The summed E-state index contributed by atoms with van der Waals surface area (Å²) in [4.78, 5) is 0. The number of piperidine rings is 1.